The van der Waals surface area contributed by atoms with Crippen LogP contribution in [0, 0.1) is 0 Å². The molecule has 0 rings (SSSR count). The monoisotopic (exact) mass is 192 g/mol. The van der Waals surface area contributed by atoms with E-state index in [1.165, 1.54) is 0 Å². The van der Waals surface area contributed by atoms with Crippen LogP contribution in [-0.4, -0.2) is 18.8 Å². The van der Waals surface area contributed by atoms with Gasteiger partial charge in [-0.05, 0) is 6.92 Å². The Morgan fingerprint density at radius 3 is 2.00 bits per heavy atom. The van der Waals surface area contributed by atoms with E-state index in [4.69, 9.17) is 38.0 Å². The Balaban J connectivity index is 3.11. The highest BCUT2D eigenvalue weighted by Gasteiger charge is 2.24. The van der Waals surface area contributed by atoms with Crippen LogP contribution in [0.1, 0.15) is 6.92 Å². The molecular weight excluding hydrogens is 186 g/mol. The van der Waals surface area contributed by atoms with Gasteiger partial charge < -0.3 is 4.74 Å². The highest BCUT2D eigenvalue weighted by Crippen LogP contribution is 2.19. The molecule has 0 spiro atoms. The van der Waals surface area contributed by atoms with Gasteiger partial charge in [0.2, 0.25) is 0 Å². The molecule has 0 aromatic heterocycles. The van der Waals surface area contributed by atoms with Gasteiger partial charge in [-0.3, -0.25) is 0 Å². The molecule has 0 radical (unpaired) electrons. The molecule has 0 saturated heterocycles. The Morgan fingerprint density at radius 2 is 1.88 bits per heavy atom. The molecule has 0 unspecified atom stereocenters. The fourth-order valence-corrected chi connectivity index (χ4v) is 1.35. The molecule has 0 aromatic rings. The lowest BCUT2D eigenvalue weighted by Crippen LogP contribution is -2.19. The van der Waals surface area contributed by atoms with Crippen molar-refractivity contribution >= 4 is 39.2 Å². The van der Waals surface area contributed by atoms with Crippen molar-refractivity contribution in [3.8, 4) is 0 Å². The third-order valence-electron chi connectivity index (χ3n) is 0.470. The van der Waals surface area contributed by atoms with E-state index in [0.29, 0.717) is 12.8 Å². The highest BCUT2D eigenvalue weighted by molar-refractivity contribution is 7.64. The van der Waals surface area contributed by atoms with Crippen LogP contribution in [-0.2, 0) is 4.74 Å². The SMILES string of the molecule is CCOC[Si](Cl)(Cl)Cl. The quantitative estimate of drug-likeness (QED) is 0.493. The van der Waals surface area contributed by atoms with Gasteiger partial charge in [-0.1, -0.05) is 0 Å². The molecule has 0 bridgehead atoms. The number of halogens is 3. The molecule has 50 valence electrons. The molecule has 0 aliphatic heterocycles. The van der Waals surface area contributed by atoms with Crippen molar-refractivity contribution < 1.29 is 4.74 Å². The van der Waals surface area contributed by atoms with Crippen molar-refractivity contribution in [3.63, 3.8) is 0 Å². The van der Waals surface area contributed by atoms with E-state index < -0.39 is 6.00 Å². The Labute approximate surface area is 64.0 Å². The molecule has 0 saturated carbocycles. The summed E-state index contributed by atoms with van der Waals surface area (Å²) in [6.45, 7) is 2.48. The van der Waals surface area contributed by atoms with Crippen LogP contribution in [0.25, 0.3) is 0 Å². The summed E-state index contributed by atoms with van der Waals surface area (Å²) in [5.74, 6) is 0. The summed E-state index contributed by atoms with van der Waals surface area (Å²) >= 11 is 16.4. The fourth-order valence-electron chi connectivity index (χ4n) is 0.218. The van der Waals surface area contributed by atoms with Gasteiger partial charge in [0.15, 0.2) is 0 Å². The van der Waals surface area contributed by atoms with Gasteiger partial charge >= 0.3 is 6.00 Å². The second kappa shape index (κ2) is 3.96. The Kier molecular flexibility index (Phi) is 4.48. The Bertz CT molecular complexity index is 62.0. The van der Waals surface area contributed by atoms with Crippen molar-refractivity contribution in [1.82, 2.24) is 0 Å². The lowest BCUT2D eigenvalue weighted by molar-refractivity contribution is 0.192. The second-order valence-electron chi connectivity index (χ2n) is 1.25. The first kappa shape index (κ1) is 9.05. The van der Waals surface area contributed by atoms with E-state index in [2.05, 4.69) is 0 Å². The molecular formula is C3H7Cl3OSi. The third-order valence-corrected chi connectivity index (χ3v) is 1.98. The van der Waals surface area contributed by atoms with Gasteiger partial charge in [0, 0.05) is 6.61 Å². The predicted octanol–water partition coefficient (Wildman–Crippen LogP) is 2.22. The van der Waals surface area contributed by atoms with Gasteiger partial charge in [-0.25, -0.2) is 0 Å². The van der Waals surface area contributed by atoms with Crippen LogP contribution < -0.4 is 0 Å². The van der Waals surface area contributed by atoms with Gasteiger partial charge in [-0.15, -0.1) is 33.2 Å². The topological polar surface area (TPSA) is 9.23 Å². The largest absolute Gasteiger partial charge is 0.381 e. The van der Waals surface area contributed by atoms with Crippen LogP contribution in [0.15, 0.2) is 0 Å². The van der Waals surface area contributed by atoms with Crippen molar-refractivity contribution in [2.24, 2.45) is 0 Å². The van der Waals surface area contributed by atoms with Crippen molar-refractivity contribution in [2.75, 3.05) is 12.8 Å². The molecule has 0 amide bonds. The summed E-state index contributed by atoms with van der Waals surface area (Å²) in [4.78, 5) is 0. The summed E-state index contributed by atoms with van der Waals surface area (Å²) in [6, 6.07) is -2.48. The van der Waals surface area contributed by atoms with Crippen LogP contribution in [0.3, 0.4) is 0 Å². The summed E-state index contributed by atoms with van der Waals surface area (Å²) in [5, 5.41) is 0. The molecule has 0 N–H and O–H groups in total. The average Bonchev–Trinajstić information content (AvgIpc) is 1.59. The molecule has 0 fully saturated rings. The smallest absolute Gasteiger partial charge is 0.365 e. The van der Waals surface area contributed by atoms with Crippen LogP contribution in [0.4, 0.5) is 0 Å². The Morgan fingerprint density at radius 1 is 1.38 bits per heavy atom. The molecule has 0 heterocycles. The lowest BCUT2D eigenvalue weighted by atomic mass is 10.9. The minimum atomic E-state index is -2.48. The van der Waals surface area contributed by atoms with E-state index in [9.17, 15) is 0 Å². The van der Waals surface area contributed by atoms with E-state index in [1.807, 2.05) is 6.92 Å². The van der Waals surface area contributed by atoms with Crippen LogP contribution in [0.5, 0.6) is 0 Å². The summed E-state index contributed by atoms with van der Waals surface area (Å²) in [7, 11) is 0. The first-order valence-electron chi connectivity index (χ1n) is 2.20. The molecule has 1 nitrogen and oxygen atoms in total. The number of hydrogen-bond donors (Lipinski definition) is 0. The van der Waals surface area contributed by atoms with Crippen molar-refractivity contribution in [3.05, 3.63) is 0 Å². The maximum atomic E-state index is 5.46. The van der Waals surface area contributed by atoms with Crippen LogP contribution >= 0.6 is 33.2 Å². The molecule has 0 aliphatic carbocycles. The second-order valence-corrected chi connectivity index (χ2v) is 10.3. The summed E-state index contributed by atoms with van der Waals surface area (Å²) in [5.41, 5.74) is 0. The highest BCUT2D eigenvalue weighted by atomic mass is 35.8. The maximum absolute atomic E-state index is 5.46. The van der Waals surface area contributed by atoms with Gasteiger partial charge in [0.25, 0.3) is 0 Å². The van der Waals surface area contributed by atoms with Crippen molar-refractivity contribution in [1.29, 1.82) is 0 Å². The zero-order chi connectivity index (χ0) is 6.62. The minimum absolute atomic E-state index is 0.300. The van der Waals surface area contributed by atoms with Gasteiger partial charge in [-0.2, -0.15) is 0 Å². The Hall–Kier alpha value is 1.05. The number of hydrogen-bond acceptors (Lipinski definition) is 1. The molecule has 0 atom stereocenters. The van der Waals surface area contributed by atoms with E-state index in [1.54, 1.807) is 0 Å². The number of ether oxygens (including phenoxy) is 1. The summed E-state index contributed by atoms with van der Waals surface area (Å²) in [6.07, 6.45) is 0.300. The zero-order valence-electron chi connectivity index (χ0n) is 4.46. The molecule has 0 aromatic carbocycles. The standard InChI is InChI=1S/C3H7Cl3OSi/c1-2-7-3-8(4,5)6/h2-3H2,1H3. The number of rotatable bonds is 3. The average molecular weight is 194 g/mol. The summed E-state index contributed by atoms with van der Waals surface area (Å²) < 4.78 is 4.86. The third kappa shape index (κ3) is 7.05. The van der Waals surface area contributed by atoms with Crippen LogP contribution in [0.2, 0.25) is 0 Å². The first-order chi connectivity index (χ1) is 3.56. The molecule has 0 aliphatic rings. The normalized spacial score (nSPS) is 12.0. The first-order valence-corrected chi connectivity index (χ1v) is 7.45. The van der Waals surface area contributed by atoms with Gasteiger partial charge in [0.05, 0.1) is 6.23 Å². The minimum Gasteiger partial charge on any atom is -0.381 e. The maximum Gasteiger partial charge on any atom is 0.365 e. The fraction of sp³-hybridized carbons (Fsp3) is 1.00. The molecule has 8 heavy (non-hydrogen) atoms. The zero-order valence-corrected chi connectivity index (χ0v) is 7.72. The van der Waals surface area contributed by atoms with Crippen molar-refractivity contribution in [2.45, 2.75) is 6.92 Å². The predicted molar refractivity (Wildman–Crippen MR) is 39.8 cm³/mol. The van der Waals surface area contributed by atoms with E-state index >= 15 is 0 Å². The molecule has 5 heteroatoms. The van der Waals surface area contributed by atoms with Gasteiger partial charge in [0.1, 0.15) is 0 Å². The van der Waals surface area contributed by atoms with E-state index in [-0.39, 0.29) is 0 Å². The lowest BCUT2D eigenvalue weighted by Gasteiger charge is -2.05. The van der Waals surface area contributed by atoms with E-state index in [0.717, 1.165) is 0 Å².